The molecule has 0 aliphatic carbocycles. The van der Waals surface area contributed by atoms with Crippen LogP contribution >= 0.6 is 0 Å². The third-order valence-corrected chi connectivity index (χ3v) is 4.75. The molecule has 0 aromatic carbocycles. The molecule has 0 bridgehead atoms. The first-order chi connectivity index (χ1) is 9.08. The Morgan fingerprint density at radius 2 is 1.80 bits per heavy atom. The largest absolute Gasteiger partial charge is 0.468 e. The molecule has 2 unspecified atom stereocenters. The Balaban J connectivity index is 2.51. The monoisotopic (exact) mass is 284 g/mol. The molecule has 118 valence electrons. The fraction of sp³-hybridized carbons (Fsp3) is 0.938. The summed E-state index contributed by atoms with van der Waals surface area (Å²) in [5.74, 6) is 0.463. The third-order valence-electron chi connectivity index (χ3n) is 4.75. The van der Waals surface area contributed by atoms with Gasteiger partial charge in [-0.3, -0.25) is 4.79 Å². The molecule has 0 aromatic rings. The highest BCUT2D eigenvalue weighted by molar-refractivity contribution is 5.79. The second kappa shape index (κ2) is 6.44. The van der Waals surface area contributed by atoms with Crippen LogP contribution in [0, 0.1) is 11.3 Å². The van der Waals surface area contributed by atoms with Crippen molar-refractivity contribution in [2.75, 3.05) is 20.2 Å². The molecule has 1 heterocycles. The maximum absolute atomic E-state index is 11.7. The Morgan fingerprint density at radius 3 is 2.20 bits per heavy atom. The van der Waals surface area contributed by atoms with Crippen LogP contribution in [-0.4, -0.2) is 42.6 Å². The highest BCUT2D eigenvalue weighted by atomic mass is 16.5. The average Bonchev–Trinajstić information content (AvgIpc) is 2.36. The molecule has 1 fully saturated rings. The van der Waals surface area contributed by atoms with Crippen molar-refractivity contribution in [3.05, 3.63) is 0 Å². The van der Waals surface area contributed by atoms with Gasteiger partial charge in [-0.05, 0) is 57.5 Å². The number of hydrogen-bond donors (Lipinski definition) is 1. The molecule has 1 saturated heterocycles. The number of nitrogens with zero attached hydrogens (tertiary/aromatic N) is 1. The van der Waals surface area contributed by atoms with Gasteiger partial charge >= 0.3 is 5.97 Å². The van der Waals surface area contributed by atoms with Crippen LogP contribution in [0.25, 0.3) is 0 Å². The lowest BCUT2D eigenvalue weighted by molar-refractivity contribution is -0.147. The lowest BCUT2D eigenvalue weighted by atomic mass is 9.75. The molecule has 4 heteroatoms. The van der Waals surface area contributed by atoms with Crippen molar-refractivity contribution in [1.82, 2.24) is 4.90 Å². The number of carbonyl (C=O) groups is 1. The molecule has 0 radical (unpaired) electrons. The molecular weight excluding hydrogens is 252 g/mol. The summed E-state index contributed by atoms with van der Waals surface area (Å²) in [6.45, 7) is 13.1. The maximum Gasteiger partial charge on any atom is 0.325 e. The van der Waals surface area contributed by atoms with Crippen LogP contribution in [0.5, 0.6) is 0 Å². The number of rotatable bonds is 4. The minimum atomic E-state index is -0.894. The van der Waals surface area contributed by atoms with Crippen molar-refractivity contribution in [1.29, 1.82) is 0 Å². The molecule has 1 aliphatic rings. The van der Waals surface area contributed by atoms with Gasteiger partial charge in [-0.25, -0.2) is 0 Å². The fourth-order valence-corrected chi connectivity index (χ4v) is 3.27. The van der Waals surface area contributed by atoms with Crippen molar-refractivity contribution in [3.63, 3.8) is 0 Å². The molecule has 0 spiro atoms. The van der Waals surface area contributed by atoms with Gasteiger partial charge in [0.05, 0.1) is 7.11 Å². The van der Waals surface area contributed by atoms with Crippen LogP contribution in [0.15, 0.2) is 0 Å². The Morgan fingerprint density at radius 1 is 1.30 bits per heavy atom. The van der Waals surface area contributed by atoms with Gasteiger partial charge in [-0.15, -0.1) is 0 Å². The van der Waals surface area contributed by atoms with Crippen LogP contribution < -0.4 is 5.73 Å². The van der Waals surface area contributed by atoms with Crippen LogP contribution in [0.3, 0.4) is 0 Å². The predicted octanol–water partition coefficient (Wildman–Crippen LogP) is 2.41. The van der Waals surface area contributed by atoms with Crippen LogP contribution in [0.4, 0.5) is 0 Å². The van der Waals surface area contributed by atoms with Gasteiger partial charge in [0.15, 0.2) is 0 Å². The summed E-state index contributed by atoms with van der Waals surface area (Å²) in [4.78, 5) is 14.1. The molecular formula is C16H32N2O2. The molecule has 4 nitrogen and oxygen atoms in total. The van der Waals surface area contributed by atoms with E-state index in [2.05, 4.69) is 32.6 Å². The topological polar surface area (TPSA) is 55.6 Å². The van der Waals surface area contributed by atoms with E-state index in [4.69, 9.17) is 10.5 Å². The van der Waals surface area contributed by atoms with Gasteiger partial charge in [0.25, 0.3) is 0 Å². The third kappa shape index (κ3) is 4.45. The first kappa shape index (κ1) is 17.4. The number of carbonyl (C=O) groups excluding carboxylic acids is 1. The number of esters is 1. The van der Waals surface area contributed by atoms with E-state index in [0.717, 1.165) is 19.0 Å². The smallest absolute Gasteiger partial charge is 0.325 e. The molecule has 2 N–H and O–H groups in total. The number of piperidine rings is 1. The maximum atomic E-state index is 11.7. The van der Waals surface area contributed by atoms with Gasteiger partial charge in [0, 0.05) is 6.04 Å². The number of methoxy groups -OCH3 is 1. The number of likely N-dealkylation sites (tertiary alicyclic amines) is 1. The molecule has 2 atom stereocenters. The summed E-state index contributed by atoms with van der Waals surface area (Å²) in [5, 5.41) is 0. The second-order valence-corrected chi connectivity index (χ2v) is 7.64. The van der Waals surface area contributed by atoms with Gasteiger partial charge in [-0.1, -0.05) is 20.8 Å². The van der Waals surface area contributed by atoms with Crippen molar-refractivity contribution in [3.8, 4) is 0 Å². The summed E-state index contributed by atoms with van der Waals surface area (Å²) < 4.78 is 4.78. The molecule has 0 aromatic heterocycles. The van der Waals surface area contributed by atoms with Crippen molar-refractivity contribution >= 4 is 5.97 Å². The first-order valence-corrected chi connectivity index (χ1v) is 7.69. The van der Waals surface area contributed by atoms with E-state index in [9.17, 15) is 4.79 Å². The van der Waals surface area contributed by atoms with Crippen LogP contribution in [0.2, 0.25) is 0 Å². The SMILES string of the molecule is COC(=O)C(C)(N)CC(C)N1CCC(C(C)(C)C)CC1. The zero-order valence-electron chi connectivity index (χ0n) is 14.0. The molecule has 0 saturated carbocycles. The summed E-state index contributed by atoms with van der Waals surface area (Å²) in [6, 6.07) is 0.310. The van der Waals surface area contributed by atoms with E-state index in [-0.39, 0.29) is 5.97 Å². The Hall–Kier alpha value is -0.610. The molecule has 0 amide bonds. The standard InChI is InChI=1S/C16H32N2O2/c1-12(11-16(5,17)14(19)20-6)18-9-7-13(8-10-18)15(2,3)4/h12-13H,7-11,17H2,1-6H3. The zero-order chi connectivity index (χ0) is 15.6. The highest BCUT2D eigenvalue weighted by Gasteiger charge is 2.35. The molecule has 20 heavy (non-hydrogen) atoms. The van der Waals surface area contributed by atoms with E-state index >= 15 is 0 Å². The van der Waals surface area contributed by atoms with Gasteiger partial charge in [0.2, 0.25) is 0 Å². The summed E-state index contributed by atoms with van der Waals surface area (Å²) in [5.41, 5.74) is 5.57. The summed E-state index contributed by atoms with van der Waals surface area (Å²) >= 11 is 0. The predicted molar refractivity (Wildman–Crippen MR) is 82.4 cm³/mol. The van der Waals surface area contributed by atoms with E-state index in [0.29, 0.717) is 17.9 Å². The second-order valence-electron chi connectivity index (χ2n) is 7.64. The average molecular weight is 284 g/mol. The normalized spacial score (nSPS) is 23.1. The first-order valence-electron chi connectivity index (χ1n) is 7.69. The van der Waals surface area contributed by atoms with Gasteiger partial charge in [-0.2, -0.15) is 0 Å². The van der Waals surface area contributed by atoms with Crippen LogP contribution in [0.1, 0.15) is 53.9 Å². The van der Waals surface area contributed by atoms with Gasteiger partial charge in [0.1, 0.15) is 5.54 Å². The number of hydrogen-bond acceptors (Lipinski definition) is 4. The fourth-order valence-electron chi connectivity index (χ4n) is 3.27. The lowest BCUT2D eigenvalue weighted by Gasteiger charge is -2.42. The Bertz CT molecular complexity index is 326. The van der Waals surface area contributed by atoms with Crippen molar-refractivity contribution in [2.24, 2.45) is 17.1 Å². The van der Waals surface area contributed by atoms with Crippen molar-refractivity contribution < 1.29 is 9.53 Å². The molecule has 1 rings (SSSR count). The minimum Gasteiger partial charge on any atom is -0.468 e. The van der Waals surface area contributed by atoms with Gasteiger partial charge < -0.3 is 15.4 Å². The summed E-state index contributed by atoms with van der Waals surface area (Å²) in [7, 11) is 1.40. The summed E-state index contributed by atoms with van der Waals surface area (Å²) in [6.07, 6.45) is 3.10. The highest BCUT2D eigenvalue weighted by Crippen LogP contribution is 2.35. The minimum absolute atomic E-state index is 0.310. The lowest BCUT2D eigenvalue weighted by Crippen LogP contribution is -2.52. The zero-order valence-corrected chi connectivity index (χ0v) is 14.0. The Kier molecular flexibility index (Phi) is 5.61. The van der Waals surface area contributed by atoms with Crippen molar-refractivity contribution in [2.45, 2.75) is 65.5 Å². The van der Waals surface area contributed by atoms with E-state index in [1.54, 1.807) is 6.92 Å². The van der Waals surface area contributed by atoms with E-state index in [1.165, 1.54) is 20.0 Å². The molecule has 1 aliphatic heterocycles. The Labute approximate surface area is 124 Å². The number of nitrogens with two attached hydrogens (primary N) is 1. The van der Waals surface area contributed by atoms with E-state index in [1.807, 2.05) is 0 Å². The van der Waals surface area contributed by atoms with E-state index < -0.39 is 5.54 Å². The van der Waals surface area contributed by atoms with Crippen LogP contribution in [-0.2, 0) is 9.53 Å². The quantitative estimate of drug-likeness (QED) is 0.806. The number of ether oxygens (including phenoxy) is 1.